The van der Waals surface area contributed by atoms with E-state index >= 15 is 0 Å². The molecule has 1 amide bonds. The molecule has 4 rings (SSSR count). The number of hydrogen-bond donors (Lipinski definition) is 3. The van der Waals surface area contributed by atoms with Gasteiger partial charge in [0.2, 0.25) is 0 Å². The highest BCUT2D eigenvalue weighted by Crippen LogP contribution is 2.21. The first-order valence-corrected chi connectivity index (χ1v) is 9.94. The van der Waals surface area contributed by atoms with Gasteiger partial charge in [-0.15, -0.1) is 0 Å². The van der Waals surface area contributed by atoms with Gasteiger partial charge in [-0.2, -0.15) is 0 Å². The summed E-state index contributed by atoms with van der Waals surface area (Å²) in [5, 5.41) is 15.8. The van der Waals surface area contributed by atoms with Gasteiger partial charge in [0.05, 0.1) is 23.9 Å². The quantitative estimate of drug-likeness (QED) is 0.429. The Morgan fingerprint density at radius 3 is 2.61 bits per heavy atom. The van der Waals surface area contributed by atoms with Gasteiger partial charge in [-0.05, 0) is 36.2 Å². The molecule has 1 unspecified atom stereocenters. The summed E-state index contributed by atoms with van der Waals surface area (Å²) in [6, 6.07) is 18.2. The molecule has 0 radical (unpaired) electrons. The zero-order valence-corrected chi connectivity index (χ0v) is 17.1. The van der Waals surface area contributed by atoms with Crippen LogP contribution in [0.5, 0.6) is 0 Å². The second-order valence-corrected chi connectivity index (χ2v) is 7.12. The molecule has 0 bridgehead atoms. The number of nitrogens with one attached hydrogen (secondary N) is 2. The lowest BCUT2D eigenvalue weighted by molar-refractivity contribution is 0.0916. The van der Waals surface area contributed by atoms with E-state index in [9.17, 15) is 9.90 Å². The fourth-order valence-corrected chi connectivity index (χ4v) is 3.27. The Morgan fingerprint density at radius 2 is 1.87 bits per heavy atom. The average molecular weight is 413 g/mol. The normalized spacial score (nSPS) is 11.7. The maximum absolute atomic E-state index is 12.8. The fraction of sp³-hybridized carbons (Fsp3) is 0.125. The maximum atomic E-state index is 12.8. The molecule has 0 saturated carbocycles. The molecular formula is C24H23N5O2. The van der Waals surface area contributed by atoms with Gasteiger partial charge >= 0.3 is 0 Å². The number of anilines is 2. The van der Waals surface area contributed by atoms with Gasteiger partial charge in [0.25, 0.3) is 5.91 Å². The highest BCUT2D eigenvalue weighted by molar-refractivity contribution is 5.94. The number of nitrogens with zero attached hydrogens (tertiary/aromatic N) is 3. The van der Waals surface area contributed by atoms with E-state index in [0.717, 1.165) is 16.8 Å². The lowest BCUT2D eigenvalue weighted by atomic mass is 10.1. The third kappa shape index (κ3) is 4.79. The molecule has 4 aromatic rings. The monoisotopic (exact) mass is 413 g/mol. The van der Waals surface area contributed by atoms with E-state index in [0.29, 0.717) is 17.2 Å². The molecule has 0 fully saturated rings. The number of amides is 1. The van der Waals surface area contributed by atoms with Crippen LogP contribution in [0.15, 0.2) is 85.5 Å². The van der Waals surface area contributed by atoms with Crippen LogP contribution in [0.3, 0.4) is 0 Å². The van der Waals surface area contributed by atoms with E-state index in [1.165, 1.54) is 0 Å². The smallest absolute Gasteiger partial charge is 0.253 e. The topological polar surface area (TPSA) is 92.1 Å². The zero-order chi connectivity index (χ0) is 21.6. The number of rotatable bonds is 7. The lowest BCUT2D eigenvalue weighted by Gasteiger charge is -2.16. The van der Waals surface area contributed by atoms with Crippen molar-refractivity contribution in [2.75, 3.05) is 11.9 Å². The largest absolute Gasteiger partial charge is 0.394 e. The average Bonchev–Trinajstić information content (AvgIpc) is 3.30. The van der Waals surface area contributed by atoms with Crippen molar-refractivity contribution in [1.29, 1.82) is 0 Å². The zero-order valence-electron chi connectivity index (χ0n) is 17.1. The fourth-order valence-electron chi connectivity index (χ4n) is 3.27. The van der Waals surface area contributed by atoms with Crippen LogP contribution in [0.25, 0.3) is 5.69 Å². The van der Waals surface area contributed by atoms with Crippen LogP contribution in [0.4, 0.5) is 11.6 Å². The number of aromatic nitrogens is 3. The van der Waals surface area contributed by atoms with E-state index in [1.807, 2.05) is 72.3 Å². The molecule has 0 spiro atoms. The Balaban J connectivity index is 1.53. The minimum absolute atomic E-state index is 0.178. The Labute approximate surface area is 180 Å². The second kappa shape index (κ2) is 9.23. The Kier molecular flexibility index (Phi) is 6.05. The van der Waals surface area contributed by atoms with E-state index in [-0.39, 0.29) is 12.5 Å². The minimum atomic E-state index is -0.464. The molecular weight excluding hydrogens is 390 g/mol. The highest BCUT2D eigenvalue weighted by Gasteiger charge is 2.16. The molecule has 7 heteroatoms. The van der Waals surface area contributed by atoms with Crippen LogP contribution in [0.1, 0.15) is 27.5 Å². The standard InChI is InChI=1S/C24H23N5O2/c1-17-14-26-23(28-22-9-5-6-11-25-22)13-21(17)29-12-10-19(15-29)24(31)27-20(16-30)18-7-3-2-4-8-18/h2-15,20,30H,16H2,1H3,(H,27,31)(H,25,26,28). The number of aryl methyl sites for hydroxylation is 1. The molecule has 1 atom stereocenters. The van der Waals surface area contributed by atoms with E-state index in [2.05, 4.69) is 20.6 Å². The van der Waals surface area contributed by atoms with Crippen LogP contribution < -0.4 is 10.6 Å². The lowest BCUT2D eigenvalue weighted by Crippen LogP contribution is -2.30. The van der Waals surface area contributed by atoms with Crippen molar-refractivity contribution >= 4 is 17.5 Å². The van der Waals surface area contributed by atoms with E-state index in [4.69, 9.17) is 0 Å². The minimum Gasteiger partial charge on any atom is -0.394 e. The number of aliphatic hydroxyl groups is 1. The number of pyridine rings is 2. The number of aliphatic hydroxyl groups excluding tert-OH is 1. The Morgan fingerprint density at radius 1 is 1.06 bits per heavy atom. The number of hydrogen-bond acceptors (Lipinski definition) is 5. The summed E-state index contributed by atoms with van der Waals surface area (Å²) in [5.74, 6) is 1.11. The summed E-state index contributed by atoms with van der Waals surface area (Å²) < 4.78 is 1.88. The molecule has 3 heterocycles. The first-order chi connectivity index (χ1) is 15.1. The van der Waals surface area contributed by atoms with E-state index in [1.54, 1.807) is 24.7 Å². The number of carbonyl (C=O) groups excluding carboxylic acids is 1. The van der Waals surface area contributed by atoms with Gasteiger partial charge in [0, 0.05) is 30.9 Å². The van der Waals surface area contributed by atoms with Crippen LogP contribution in [0, 0.1) is 6.92 Å². The van der Waals surface area contributed by atoms with Crippen molar-refractivity contribution in [3.8, 4) is 5.69 Å². The van der Waals surface area contributed by atoms with Gasteiger partial charge in [-0.1, -0.05) is 36.4 Å². The molecule has 3 N–H and O–H groups in total. The van der Waals surface area contributed by atoms with Crippen molar-refractivity contribution in [2.24, 2.45) is 0 Å². The first kappa shape index (κ1) is 20.3. The summed E-state index contributed by atoms with van der Waals surface area (Å²) in [7, 11) is 0. The van der Waals surface area contributed by atoms with Crippen molar-refractivity contribution < 1.29 is 9.90 Å². The molecule has 156 valence electrons. The van der Waals surface area contributed by atoms with Crippen molar-refractivity contribution in [3.63, 3.8) is 0 Å². The van der Waals surface area contributed by atoms with Gasteiger partial charge < -0.3 is 20.3 Å². The third-order valence-corrected chi connectivity index (χ3v) is 4.92. The van der Waals surface area contributed by atoms with Crippen molar-refractivity contribution in [3.05, 3.63) is 102 Å². The Bertz CT molecular complexity index is 1160. The summed E-state index contributed by atoms with van der Waals surface area (Å²) >= 11 is 0. The molecule has 0 aliphatic heterocycles. The molecule has 0 aliphatic rings. The third-order valence-electron chi connectivity index (χ3n) is 4.92. The maximum Gasteiger partial charge on any atom is 0.253 e. The molecule has 7 nitrogen and oxygen atoms in total. The van der Waals surface area contributed by atoms with Crippen molar-refractivity contribution in [2.45, 2.75) is 13.0 Å². The van der Waals surface area contributed by atoms with Crippen LogP contribution in [-0.4, -0.2) is 32.2 Å². The number of benzene rings is 1. The van der Waals surface area contributed by atoms with Gasteiger partial charge in [-0.3, -0.25) is 4.79 Å². The van der Waals surface area contributed by atoms with Gasteiger partial charge in [0.15, 0.2) is 0 Å². The second-order valence-electron chi connectivity index (χ2n) is 7.12. The summed E-state index contributed by atoms with van der Waals surface area (Å²) in [6.45, 7) is 1.78. The van der Waals surface area contributed by atoms with Crippen LogP contribution in [0.2, 0.25) is 0 Å². The van der Waals surface area contributed by atoms with Gasteiger partial charge in [-0.25, -0.2) is 9.97 Å². The van der Waals surface area contributed by atoms with Crippen LogP contribution >= 0.6 is 0 Å². The molecule has 0 aliphatic carbocycles. The van der Waals surface area contributed by atoms with Crippen molar-refractivity contribution in [1.82, 2.24) is 19.9 Å². The highest BCUT2D eigenvalue weighted by atomic mass is 16.3. The summed E-state index contributed by atoms with van der Waals surface area (Å²) in [5.41, 5.74) is 3.22. The molecule has 3 aromatic heterocycles. The molecule has 0 saturated heterocycles. The summed E-state index contributed by atoms with van der Waals surface area (Å²) in [6.07, 6.45) is 7.08. The first-order valence-electron chi connectivity index (χ1n) is 9.94. The number of carbonyl (C=O) groups is 1. The van der Waals surface area contributed by atoms with Gasteiger partial charge in [0.1, 0.15) is 11.6 Å². The summed E-state index contributed by atoms with van der Waals surface area (Å²) in [4.78, 5) is 21.4. The molecule has 1 aromatic carbocycles. The SMILES string of the molecule is Cc1cnc(Nc2ccccn2)cc1-n1ccc(C(=O)NC(CO)c2ccccc2)c1. The van der Waals surface area contributed by atoms with Crippen LogP contribution in [-0.2, 0) is 0 Å². The predicted octanol–water partition coefficient (Wildman–Crippen LogP) is 3.78. The predicted molar refractivity (Wildman–Crippen MR) is 120 cm³/mol. The van der Waals surface area contributed by atoms with E-state index < -0.39 is 6.04 Å². The molecule has 31 heavy (non-hydrogen) atoms. The Hall–Kier alpha value is -3.97.